The average molecular weight is 308 g/mol. The Morgan fingerprint density at radius 3 is 2.42 bits per heavy atom. The number of nitrogens with one attached hydrogen (secondary N) is 2. The third-order valence-corrected chi connectivity index (χ3v) is 4.38. The fourth-order valence-electron chi connectivity index (χ4n) is 1.32. The topological polar surface area (TPSA) is 131 Å². The van der Waals surface area contributed by atoms with Crippen LogP contribution in [-0.4, -0.2) is 41.2 Å². The zero-order valence-electron chi connectivity index (χ0n) is 10.3. The molecule has 0 unspecified atom stereocenters. The van der Waals surface area contributed by atoms with Gasteiger partial charge in [-0.2, -0.15) is 0 Å². The smallest absolute Gasteiger partial charge is 0.242 e. The molecule has 1 rings (SSSR count). The highest BCUT2D eigenvalue weighted by Crippen LogP contribution is 2.11. The van der Waals surface area contributed by atoms with Crippen LogP contribution in [0.2, 0.25) is 0 Å². The van der Waals surface area contributed by atoms with Crippen LogP contribution in [0.25, 0.3) is 0 Å². The highest BCUT2D eigenvalue weighted by atomic mass is 32.2. The second kappa shape index (κ2) is 6.39. The van der Waals surface area contributed by atoms with Gasteiger partial charge in [0, 0.05) is 25.8 Å². The lowest BCUT2D eigenvalue weighted by molar-refractivity contribution is 0.572. The molecule has 0 aliphatic carbocycles. The van der Waals surface area contributed by atoms with Crippen LogP contribution in [0.4, 0.5) is 0 Å². The van der Waals surface area contributed by atoms with Gasteiger partial charge < -0.3 is 5.73 Å². The molecule has 0 spiro atoms. The number of rotatable bonds is 7. The van der Waals surface area contributed by atoms with E-state index in [1.807, 2.05) is 0 Å². The van der Waals surface area contributed by atoms with E-state index in [-0.39, 0.29) is 30.2 Å². The third kappa shape index (κ3) is 5.20. The van der Waals surface area contributed by atoms with Crippen LogP contribution in [0.1, 0.15) is 5.69 Å². The van der Waals surface area contributed by atoms with Crippen molar-refractivity contribution in [2.75, 3.05) is 19.3 Å². The van der Waals surface area contributed by atoms with E-state index < -0.39 is 20.0 Å². The largest absolute Gasteiger partial charge is 0.325 e. The number of sulfonamides is 2. The molecule has 0 bridgehead atoms. The molecule has 0 radical (unpaired) electrons. The first-order valence-corrected chi connectivity index (χ1v) is 8.72. The van der Waals surface area contributed by atoms with Crippen molar-refractivity contribution in [2.24, 2.45) is 5.73 Å². The summed E-state index contributed by atoms with van der Waals surface area (Å²) >= 11 is 0. The molecule has 0 saturated carbocycles. The van der Waals surface area contributed by atoms with Gasteiger partial charge in [0.05, 0.1) is 11.9 Å². The van der Waals surface area contributed by atoms with Crippen LogP contribution < -0.4 is 15.2 Å². The molecule has 0 atom stereocenters. The number of hydrogen-bond acceptors (Lipinski definition) is 6. The molecule has 0 saturated heterocycles. The minimum Gasteiger partial charge on any atom is -0.325 e. The molecule has 1 aromatic heterocycles. The third-order valence-electron chi connectivity index (χ3n) is 2.11. The van der Waals surface area contributed by atoms with E-state index in [0.29, 0.717) is 0 Å². The van der Waals surface area contributed by atoms with Gasteiger partial charge in [-0.05, 0) is 12.1 Å². The Kier molecular flexibility index (Phi) is 5.38. The number of nitrogens with two attached hydrogens (primary N) is 1. The average Bonchev–Trinajstić information content (AvgIpc) is 2.33. The van der Waals surface area contributed by atoms with Gasteiger partial charge in [0.1, 0.15) is 4.90 Å². The first-order valence-electron chi connectivity index (χ1n) is 5.34. The number of aromatic nitrogens is 1. The van der Waals surface area contributed by atoms with Crippen LogP contribution >= 0.6 is 0 Å². The molecule has 0 aliphatic rings. The molecule has 0 aromatic carbocycles. The van der Waals surface area contributed by atoms with Gasteiger partial charge >= 0.3 is 0 Å². The van der Waals surface area contributed by atoms with Gasteiger partial charge in [0.2, 0.25) is 20.0 Å². The first-order chi connectivity index (χ1) is 8.76. The monoisotopic (exact) mass is 308 g/mol. The maximum Gasteiger partial charge on any atom is 0.242 e. The van der Waals surface area contributed by atoms with Crippen LogP contribution in [-0.2, 0) is 26.6 Å². The Bertz CT molecular complexity index is 627. The van der Waals surface area contributed by atoms with Gasteiger partial charge in [-0.25, -0.2) is 26.3 Å². The maximum atomic E-state index is 12.0. The fourth-order valence-corrected chi connectivity index (χ4v) is 3.02. The van der Waals surface area contributed by atoms with Crippen molar-refractivity contribution in [3.05, 3.63) is 24.0 Å². The van der Waals surface area contributed by atoms with E-state index in [9.17, 15) is 16.8 Å². The molecule has 10 heteroatoms. The van der Waals surface area contributed by atoms with Crippen LogP contribution in [0.5, 0.6) is 0 Å². The van der Waals surface area contributed by atoms with E-state index >= 15 is 0 Å². The predicted octanol–water partition coefficient (Wildman–Crippen LogP) is -1.63. The summed E-state index contributed by atoms with van der Waals surface area (Å²) in [5.41, 5.74) is 5.67. The summed E-state index contributed by atoms with van der Waals surface area (Å²) in [5.74, 6) is 0. The van der Waals surface area contributed by atoms with E-state index in [1.54, 1.807) is 0 Å². The lowest BCUT2D eigenvalue weighted by Crippen LogP contribution is -2.34. The zero-order valence-corrected chi connectivity index (χ0v) is 12.0. The van der Waals surface area contributed by atoms with E-state index in [1.165, 1.54) is 18.3 Å². The van der Waals surface area contributed by atoms with E-state index in [0.717, 1.165) is 6.26 Å². The van der Waals surface area contributed by atoms with Crippen molar-refractivity contribution in [3.8, 4) is 0 Å². The van der Waals surface area contributed by atoms with Crippen molar-refractivity contribution < 1.29 is 16.8 Å². The highest BCUT2D eigenvalue weighted by molar-refractivity contribution is 7.89. The zero-order chi connectivity index (χ0) is 14.5. The summed E-state index contributed by atoms with van der Waals surface area (Å²) in [7, 11) is -7.08. The summed E-state index contributed by atoms with van der Waals surface area (Å²) in [6, 6.07) is 2.88. The lowest BCUT2D eigenvalue weighted by atomic mass is 10.3. The van der Waals surface area contributed by atoms with Crippen molar-refractivity contribution in [2.45, 2.75) is 11.4 Å². The lowest BCUT2D eigenvalue weighted by Gasteiger charge is -2.09. The quantitative estimate of drug-likeness (QED) is 0.518. The fraction of sp³-hybridized carbons (Fsp3) is 0.444. The Morgan fingerprint density at radius 2 is 1.84 bits per heavy atom. The molecule has 4 N–H and O–H groups in total. The molecule has 108 valence electrons. The molecule has 8 nitrogen and oxygen atoms in total. The second-order valence-corrected chi connectivity index (χ2v) is 7.29. The Hall–Kier alpha value is -1.07. The van der Waals surface area contributed by atoms with Gasteiger partial charge in [-0.3, -0.25) is 4.98 Å². The van der Waals surface area contributed by atoms with Crippen molar-refractivity contribution in [3.63, 3.8) is 0 Å². The van der Waals surface area contributed by atoms with E-state index in [4.69, 9.17) is 5.73 Å². The molecule has 0 aliphatic heterocycles. The molecule has 0 fully saturated rings. The predicted molar refractivity (Wildman–Crippen MR) is 70.2 cm³/mol. The number of hydrogen-bond donors (Lipinski definition) is 3. The summed E-state index contributed by atoms with van der Waals surface area (Å²) in [4.78, 5) is 3.87. The summed E-state index contributed by atoms with van der Waals surface area (Å²) in [5, 5.41) is 0. The number of nitrogens with zero attached hydrogens (tertiary/aromatic N) is 1. The second-order valence-electron chi connectivity index (χ2n) is 3.72. The van der Waals surface area contributed by atoms with Crippen molar-refractivity contribution >= 4 is 20.0 Å². The molecule has 1 aromatic rings. The summed E-state index contributed by atoms with van der Waals surface area (Å²) in [6.07, 6.45) is 2.45. The molecule has 19 heavy (non-hydrogen) atoms. The number of pyridine rings is 1. The molecular formula is C9H16N4O4S2. The van der Waals surface area contributed by atoms with Crippen LogP contribution in [0.15, 0.2) is 23.2 Å². The SMILES string of the molecule is CS(=O)(=O)NCCNS(=O)(=O)c1cccnc1CN. The Balaban J connectivity index is 2.71. The normalized spacial score (nSPS) is 12.5. The van der Waals surface area contributed by atoms with Gasteiger partial charge in [0.15, 0.2) is 0 Å². The van der Waals surface area contributed by atoms with Gasteiger partial charge in [-0.15, -0.1) is 0 Å². The first kappa shape index (κ1) is 16.0. The molecule has 0 amide bonds. The maximum absolute atomic E-state index is 12.0. The molecular weight excluding hydrogens is 292 g/mol. The van der Waals surface area contributed by atoms with Crippen LogP contribution in [0, 0.1) is 0 Å². The molecule has 1 heterocycles. The minimum absolute atomic E-state index is 0.00132. The van der Waals surface area contributed by atoms with Crippen molar-refractivity contribution in [1.29, 1.82) is 0 Å². The van der Waals surface area contributed by atoms with Gasteiger partial charge in [-0.1, -0.05) is 0 Å². The van der Waals surface area contributed by atoms with Crippen molar-refractivity contribution in [1.82, 2.24) is 14.4 Å². The summed E-state index contributed by atoms with van der Waals surface area (Å²) in [6.45, 7) is -0.0940. The minimum atomic E-state index is -3.75. The highest BCUT2D eigenvalue weighted by Gasteiger charge is 2.17. The standard InChI is InChI=1S/C9H16N4O4S2/c1-18(14,15)12-5-6-13-19(16,17)9-3-2-4-11-8(9)7-10/h2-4,12-13H,5-7,10H2,1H3. The summed E-state index contributed by atoms with van der Waals surface area (Å²) < 4.78 is 50.0. The Labute approximate surface area is 112 Å². The Morgan fingerprint density at radius 1 is 1.21 bits per heavy atom. The van der Waals surface area contributed by atoms with Crippen LogP contribution in [0.3, 0.4) is 0 Å². The van der Waals surface area contributed by atoms with E-state index in [2.05, 4.69) is 14.4 Å². The van der Waals surface area contributed by atoms with Gasteiger partial charge in [0.25, 0.3) is 0 Å².